The molecule has 1 heterocycles. The van der Waals surface area contributed by atoms with Crippen molar-refractivity contribution in [1.29, 1.82) is 0 Å². The van der Waals surface area contributed by atoms with E-state index in [9.17, 15) is 0 Å². The number of pyridine rings is 1. The molecule has 1 aromatic rings. The average Bonchev–Trinajstić information content (AvgIpc) is 1.90. The highest BCUT2D eigenvalue weighted by atomic mass is 35.5. The van der Waals surface area contributed by atoms with Crippen molar-refractivity contribution in [2.24, 2.45) is 0 Å². The highest BCUT2D eigenvalue weighted by Crippen LogP contribution is 2.01. The molecule has 0 amide bonds. The van der Waals surface area contributed by atoms with Gasteiger partial charge in [-0.05, 0) is 17.7 Å². The van der Waals surface area contributed by atoms with E-state index < -0.39 is 0 Å². The minimum absolute atomic E-state index is 0.863. The molecule has 0 N–H and O–H groups in total. The minimum atomic E-state index is 0.863. The van der Waals surface area contributed by atoms with E-state index in [0.29, 0.717) is 0 Å². The molecule has 0 aliphatic rings. The van der Waals surface area contributed by atoms with Crippen molar-refractivity contribution in [3.05, 3.63) is 36.0 Å². The number of hydrogen-bond donors (Lipinski definition) is 0. The summed E-state index contributed by atoms with van der Waals surface area (Å²) in [6.45, 7) is 0. The van der Waals surface area contributed by atoms with Crippen molar-refractivity contribution in [3.63, 3.8) is 0 Å². The lowest BCUT2D eigenvalue weighted by Crippen LogP contribution is -1.72. The maximum absolute atomic E-state index is 5.25. The van der Waals surface area contributed by atoms with Crippen LogP contribution in [0.5, 0.6) is 0 Å². The van der Waals surface area contributed by atoms with E-state index in [1.807, 2.05) is 0 Å². The number of nitrogens with zero attached hydrogens (tertiary/aromatic N) is 1. The summed E-state index contributed by atoms with van der Waals surface area (Å²) < 4.78 is 0. The molecule has 2 heteroatoms. The van der Waals surface area contributed by atoms with Crippen LogP contribution < -0.4 is 0 Å². The summed E-state index contributed by atoms with van der Waals surface area (Å²) in [6.07, 6.45) is 3.34. The van der Waals surface area contributed by atoms with E-state index in [1.54, 1.807) is 24.5 Å². The Labute approximate surface area is 53.3 Å². The van der Waals surface area contributed by atoms with Gasteiger partial charge in [-0.25, -0.2) is 0 Å². The van der Waals surface area contributed by atoms with Gasteiger partial charge in [-0.15, -0.1) is 11.6 Å². The quantitative estimate of drug-likeness (QED) is 0.557. The molecular formula is C6H4ClN. The van der Waals surface area contributed by atoms with Crippen LogP contribution in [0.1, 0.15) is 5.56 Å². The molecule has 0 spiro atoms. The summed E-state index contributed by atoms with van der Waals surface area (Å²) in [7, 11) is 0. The largest absolute Gasteiger partial charge is 0.265 e. The number of hydrogen-bond acceptors (Lipinski definition) is 1. The van der Waals surface area contributed by atoms with Gasteiger partial charge in [0, 0.05) is 12.4 Å². The van der Waals surface area contributed by atoms with Gasteiger partial charge >= 0.3 is 0 Å². The molecule has 1 aromatic heterocycles. The number of rotatable bonds is 1. The summed E-state index contributed by atoms with van der Waals surface area (Å²) in [4.78, 5) is 3.79. The molecule has 0 aromatic carbocycles. The van der Waals surface area contributed by atoms with Crippen molar-refractivity contribution < 1.29 is 0 Å². The standard InChI is InChI=1S/C6H4ClN/c7-5-6-1-3-8-4-2-6/h1-4H. The molecular weight excluding hydrogens is 122 g/mol. The van der Waals surface area contributed by atoms with Crippen LogP contribution in [0.3, 0.4) is 0 Å². The predicted octanol–water partition coefficient (Wildman–Crippen LogP) is 1.71. The Morgan fingerprint density at radius 1 is 1.38 bits per heavy atom. The highest BCUT2D eigenvalue weighted by molar-refractivity contribution is 6.25. The number of aromatic nitrogens is 1. The summed E-state index contributed by atoms with van der Waals surface area (Å²) in [5, 5.41) is 0. The van der Waals surface area contributed by atoms with E-state index in [-0.39, 0.29) is 0 Å². The topological polar surface area (TPSA) is 12.9 Å². The van der Waals surface area contributed by atoms with Crippen LogP contribution in [0, 0.1) is 5.88 Å². The Bertz CT molecular complexity index is 150. The molecule has 2 radical (unpaired) electrons. The van der Waals surface area contributed by atoms with Gasteiger partial charge in [-0.1, -0.05) is 0 Å². The first-order valence-electron chi connectivity index (χ1n) is 2.20. The monoisotopic (exact) mass is 125 g/mol. The summed E-state index contributed by atoms with van der Waals surface area (Å²) in [5.41, 5.74) is 0.863. The summed E-state index contributed by atoms with van der Waals surface area (Å²) >= 11 is 5.25. The molecule has 8 heavy (non-hydrogen) atoms. The molecule has 0 bridgehead atoms. The van der Waals surface area contributed by atoms with Gasteiger partial charge in [0.15, 0.2) is 0 Å². The second kappa shape index (κ2) is 2.68. The molecule has 1 rings (SSSR count). The van der Waals surface area contributed by atoms with E-state index in [1.165, 1.54) is 0 Å². The van der Waals surface area contributed by atoms with Crippen molar-refractivity contribution >= 4 is 11.6 Å². The van der Waals surface area contributed by atoms with Gasteiger partial charge in [0.05, 0.1) is 0 Å². The summed E-state index contributed by atoms with van der Waals surface area (Å²) in [6, 6.07) is 3.57. The van der Waals surface area contributed by atoms with Crippen LogP contribution in [0.4, 0.5) is 0 Å². The minimum Gasteiger partial charge on any atom is -0.265 e. The van der Waals surface area contributed by atoms with Gasteiger partial charge in [0.25, 0.3) is 0 Å². The average molecular weight is 126 g/mol. The molecule has 0 unspecified atom stereocenters. The third-order valence-electron chi connectivity index (χ3n) is 0.789. The van der Waals surface area contributed by atoms with E-state index >= 15 is 0 Å². The van der Waals surface area contributed by atoms with Crippen LogP contribution in [0.25, 0.3) is 0 Å². The van der Waals surface area contributed by atoms with Crippen molar-refractivity contribution in [3.8, 4) is 0 Å². The molecule has 1 nitrogen and oxygen atoms in total. The van der Waals surface area contributed by atoms with Crippen molar-refractivity contribution in [2.45, 2.75) is 0 Å². The van der Waals surface area contributed by atoms with Crippen LogP contribution in [0.2, 0.25) is 0 Å². The maximum Gasteiger partial charge on any atom is 0.120 e. The Kier molecular flexibility index (Phi) is 1.86. The lowest BCUT2D eigenvalue weighted by atomic mass is 10.3. The maximum atomic E-state index is 5.25. The fraction of sp³-hybridized carbons (Fsp3) is 0. The molecule has 0 fully saturated rings. The summed E-state index contributed by atoms with van der Waals surface area (Å²) in [5.74, 6) is 2.46. The van der Waals surface area contributed by atoms with Gasteiger partial charge in [-0.3, -0.25) is 4.98 Å². The SMILES string of the molecule is Cl[C]c1ccncc1. The zero-order valence-corrected chi connectivity index (χ0v) is 4.89. The first-order valence-corrected chi connectivity index (χ1v) is 2.58. The first kappa shape index (κ1) is 5.57. The first-order chi connectivity index (χ1) is 3.93. The van der Waals surface area contributed by atoms with Gasteiger partial charge in [-0.2, -0.15) is 0 Å². The Hall–Kier alpha value is -0.560. The predicted molar refractivity (Wildman–Crippen MR) is 32.4 cm³/mol. The molecule has 0 aliphatic heterocycles. The lowest BCUT2D eigenvalue weighted by Gasteiger charge is -1.86. The Balaban J connectivity index is 2.83. The van der Waals surface area contributed by atoms with Crippen LogP contribution in [-0.4, -0.2) is 4.98 Å². The highest BCUT2D eigenvalue weighted by Gasteiger charge is 1.84. The molecule has 0 saturated carbocycles. The molecule has 0 atom stereocenters. The van der Waals surface area contributed by atoms with Crippen LogP contribution in [-0.2, 0) is 0 Å². The van der Waals surface area contributed by atoms with E-state index in [2.05, 4.69) is 10.9 Å². The third kappa shape index (κ3) is 1.20. The third-order valence-corrected chi connectivity index (χ3v) is 1.01. The van der Waals surface area contributed by atoms with Gasteiger partial charge in [0.1, 0.15) is 5.88 Å². The normalized spacial score (nSPS) is 9.12. The Morgan fingerprint density at radius 2 is 2.00 bits per heavy atom. The van der Waals surface area contributed by atoms with Crippen molar-refractivity contribution in [1.82, 2.24) is 4.98 Å². The smallest absolute Gasteiger partial charge is 0.120 e. The number of halogens is 1. The zero-order chi connectivity index (χ0) is 5.82. The van der Waals surface area contributed by atoms with Crippen LogP contribution in [0.15, 0.2) is 24.5 Å². The van der Waals surface area contributed by atoms with Gasteiger partial charge < -0.3 is 0 Å². The zero-order valence-electron chi connectivity index (χ0n) is 4.13. The van der Waals surface area contributed by atoms with Crippen LogP contribution >= 0.6 is 11.6 Å². The van der Waals surface area contributed by atoms with E-state index in [4.69, 9.17) is 11.6 Å². The second-order valence-electron chi connectivity index (χ2n) is 1.33. The van der Waals surface area contributed by atoms with Gasteiger partial charge in [0.2, 0.25) is 0 Å². The fourth-order valence-electron chi connectivity index (χ4n) is 0.415. The van der Waals surface area contributed by atoms with E-state index in [0.717, 1.165) is 5.56 Å². The second-order valence-corrected chi connectivity index (χ2v) is 1.52. The molecule has 0 aliphatic carbocycles. The van der Waals surface area contributed by atoms with Crippen molar-refractivity contribution in [2.75, 3.05) is 0 Å². The molecule has 0 saturated heterocycles. The fourth-order valence-corrected chi connectivity index (χ4v) is 0.541. The lowest BCUT2D eigenvalue weighted by molar-refractivity contribution is 1.31. The molecule has 40 valence electrons. The Morgan fingerprint density at radius 3 is 2.38 bits per heavy atom.